The summed E-state index contributed by atoms with van der Waals surface area (Å²) in [4.78, 5) is 11.8. The van der Waals surface area contributed by atoms with Crippen molar-refractivity contribution in [1.29, 1.82) is 0 Å². The number of halogens is 4. The van der Waals surface area contributed by atoms with Crippen LogP contribution >= 0.6 is 11.6 Å². The lowest BCUT2D eigenvalue weighted by Gasteiger charge is -2.49. The monoisotopic (exact) mass is 322 g/mol. The van der Waals surface area contributed by atoms with Gasteiger partial charge in [0.2, 0.25) is 5.28 Å². The van der Waals surface area contributed by atoms with Crippen molar-refractivity contribution in [2.45, 2.75) is 38.4 Å². The zero-order valence-electron chi connectivity index (χ0n) is 12.2. The van der Waals surface area contributed by atoms with E-state index in [0.717, 1.165) is 0 Å². The average Bonchev–Trinajstić information content (AvgIpc) is 2.36. The second-order valence-corrected chi connectivity index (χ2v) is 5.91. The molecule has 0 amide bonds. The molecule has 118 valence electrons. The van der Waals surface area contributed by atoms with Crippen LogP contribution in [0, 0.1) is 0 Å². The summed E-state index contributed by atoms with van der Waals surface area (Å²) >= 11 is 5.83. The third kappa shape index (κ3) is 3.33. The van der Waals surface area contributed by atoms with E-state index < -0.39 is 18.1 Å². The predicted molar refractivity (Wildman–Crippen MR) is 77.0 cm³/mol. The Morgan fingerprint density at radius 3 is 2.67 bits per heavy atom. The number of rotatable bonds is 3. The fourth-order valence-electron chi connectivity index (χ4n) is 2.67. The molecule has 0 saturated heterocycles. The molecule has 1 aromatic rings. The maximum atomic E-state index is 12.6. The zero-order valence-corrected chi connectivity index (χ0v) is 13.0. The first-order valence-corrected chi connectivity index (χ1v) is 7.12. The van der Waals surface area contributed by atoms with Crippen molar-refractivity contribution in [1.82, 2.24) is 9.97 Å². The Kier molecular flexibility index (Phi) is 4.24. The summed E-state index contributed by atoms with van der Waals surface area (Å²) in [6, 6.07) is 0. The van der Waals surface area contributed by atoms with Crippen molar-refractivity contribution in [3.8, 4) is 0 Å². The minimum Gasteiger partial charge on any atom is -0.368 e. The molecule has 4 nitrogen and oxygen atoms in total. The largest absolute Gasteiger partial charge is 0.390 e. The molecule has 0 saturated carbocycles. The van der Waals surface area contributed by atoms with E-state index in [1.54, 1.807) is 11.1 Å². The highest BCUT2D eigenvalue weighted by Crippen LogP contribution is 2.39. The smallest absolute Gasteiger partial charge is 0.368 e. The number of hydrogen-bond donors (Lipinski definition) is 0. The van der Waals surface area contributed by atoms with E-state index in [4.69, 9.17) is 11.6 Å². The minimum atomic E-state index is -4.20. The summed E-state index contributed by atoms with van der Waals surface area (Å²) in [6.07, 6.45) is -2.82. The van der Waals surface area contributed by atoms with Gasteiger partial charge in [-0.05, 0) is 24.9 Å². The van der Waals surface area contributed by atoms with E-state index in [1.165, 1.54) is 0 Å². The summed E-state index contributed by atoms with van der Waals surface area (Å²) in [5.74, 6) is 0.470. The first kappa shape index (κ1) is 16.1. The van der Waals surface area contributed by atoms with Crippen LogP contribution in [-0.4, -0.2) is 41.8 Å². The Morgan fingerprint density at radius 2 is 2.10 bits per heavy atom. The predicted octanol–water partition coefficient (Wildman–Crippen LogP) is 3.51. The van der Waals surface area contributed by atoms with Crippen molar-refractivity contribution >= 4 is 23.1 Å². The van der Waals surface area contributed by atoms with Gasteiger partial charge in [-0.2, -0.15) is 18.2 Å². The number of anilines is 2. The Balaban J connectivity index is 2.41. The molecular weight excluding hydrogens is 305 g/mol. The van der Waals surface area contributed by atoms with Crippen molar-refractivity contribution in [2.75, 3.05) is 29.9 Å². The summed E-state index contributed by atoms with van der Waals surface area (Å²) in [5.41, 5.74) is 0.275. The topological polar surface area (TPSA) is 32.3 Å². The number of fused-ring (bicyclic) bond motifs is 1. The molecule has 0 fully saturated rings. The van der Waals surface area contributed by atoms with Crippen LogP contribution in [0.1, 0.15) is 26.7 Å². The van der Waals surface area contributed by atoms with Crippen LogP contribution in [0.5, 0.6) is 0 Å². The molecule has 1 unspecified atom stereocenters. The van der Waals surface area contributed by atoms with Crippen LogP contribution in [0.25, 0.3) is 0 Å². The number of nitrogens with zero attached hydrogens (tertiary/aromatic N) is 4. The van der Waals surface area contributed by atoms with Crippen molar-refractivity contribution in [3.63, 3.8) is 0 Å². The second-order valence-electron chi connectivity index (χ2n) is 5.57. The molecule has 0 bridgehead atoms. The van der Waals surface area contributed by atoms with Crippen LogP contribution in [-0.2, 0) is 0 Å². The molecule has 0 radical (unpaired) electrons. The Bertz CT molecular complexity index is 523. The molecule has 0 aromatic carbocycles. The Hall–Kier alpha value is -1.24. The lowest BCUT2D eigenvalue weighted by atomic mass is 9.92. The second kappa shape index (κ2) is 5.51. The molecule has 21 heavy (non-hydrogen) atoms. The van der Waals surface area contributed by atoms with Gasteiger partial charge in [0.15, 0.2) is 5.82 Å². The van der Waals surface area contributed by atoms with Gasteiger partial charge < -0.3 is 9.80 Å². The van der Waals surface area contributed by atoms with E-state index in [0.29, 0.717) is 24.5 Å². The molecule has 1 aliphatic heterocycles. The highest BCUT2D eigenvalue weighted by molar-refractivity contribution is 6.28. The Labute approximate surface area is 126 Å². The van der Waals surface area contributed by atoms with Crippen LogP contribution < -0.4 is 9.80 Å². The molecule has 1 aliphatic rings. The lowest BCUT2D eigenvalue weighted by molar-refractivity contribution is -0.132. The van der Waals surface area contributed by atoms with Gasteiger partial charge >= 0.3 is 6.18 Å². The van der Waals surface area contributed by atoms with Gasteiger partial charge in [-0.3, -0.25) is 0 Å². The molecule has 0 N–H and O–H groups in total. The lowest BCUT2D eigenvalue weighted by Crippen LogP contribution is -2.57. The number of hydrogen-bond acceptors (Lipinski definition) is 4. The SMILES string of the molecule is CCC1(C)CN(C)c2cnc(Cl)nc2N1CCC(F)(F)F. The van der Waals surface area contributed by atoms with Gasteiger partial charge in [0.25, 0.3) is 0 Å². The molecule has 0 spiro atoms. The van der Waals surface area contributed by atoms with E-state index in [-0.39, 0.29) is 11.8 Å². The number of likely N-dealkylation sites (N-methyl/N-ethyl adjacent to an activating group) is 1. The van der Waals surface area contributed by atoms with Gasteiger partial charge in [-0.25, -0.2) is 4.98 Å². The van der Waals surface area contributed by atoms with Gasteiger partial charge in [0, 0.05) is 20.1 Å². The molecule has 2 rings (SSSR count). The van der Waals surface area contributed by atoms with Crippen molar-refractivity contribution in [2.24, 2.45) is 0 Å². The van der Waals surface area contributed by atoms with E-state index in [1.807, 2.05) is 25.8 Å². The molecular formula is C13H18ClF3N4. The minimum absolute atomic E-state index is 0.0412. The van der Waals surface area contributed by atoms with Crippen LogP contribution in [0.4, 0.5) is 24.7 Å². The molecule has 2 heterocycles. The van der Waals surface area contributed by atoms with E-state index in [2.05, 4.69) is 9.97 Å². The van der Waals surface area contributed by atoms with Crippen molar-refractivity contribution in [3.05, 3.63) is 11.5 Å². The third-order valence-corrected chi connectivity index (χ3v) is 4.18. The first-order chi connectivity index (χ1) is 9.66. The fourth-order valence-corrected chi connectivity index (χ4v) is 2.80. The van der Waals surface area contributed by atoms with Gasteiger partial charge in [-0.1, -0.05) is 6.92 Å². The van der Waals surface area contributed by atoms with Crippen LogP contribution in [0.15, 0.2) is 6.20 Å². The highest BCUT2D eigenvalue weighted by Gasteiger charge is 2.41. The summed E-state index contributed by atoms with van der Waals surface area (Å²) in [7, 11) is 1.88. The highest BCUT2D eigenvalue weighted by atomic mass is 35.5. The summed E-state index contributed by atoms with van der Waals surface area (Å²) in [5, 5.41) is 0.0412. The summed E-state index contributed by atoms with van der Waals surface area (Å²) in [6.45, 7) is 4.38. The van der Waals surface area contributed by atoms with Crippen LogP contribution in [0.2, 0.25) is 5.28 Å². The van der Waals surface area contributed by atoms with Gasteiger partial charge in [0.05, 0.1) is 23.8 Å². The number of alkyl halides is 3. The van der Waals surface area contributed by atoms with E-state index >= 15 is 0 Å². The third-order valence-electron chi connectivity index (χ3n) is 4.00. The maximum Gasteiger partial charge on any atom is 0.390 e. The zero-order chi connectivity index (χ0) is 15.8. The van der Waals surface area contributed by atoms with Gasteiger partial charge in [-0.15, -0.1) is 0 Å². The Morgan fingerprint density at radius 1 is 1.43 bits per heavy atom. The first-order valence-electron chi connectivity index (χ1n) is 6.74. The standard InChI is InChI=1S/C13H18ClF3N4/c1-4-12(2)8-20(3)9-7-18-11(14)19-10(9)21(12)6-5-13(15,16)17/h7H,4-6,8H2,1-3H3. The van der Waals surface area contributed by atoms with Crippen LogP contribution in [0.3, 0.4) is 0 Å². The molecule has 0 aliphatic carbocycles. The quantitative estimate of drug-likeness (QED) is 0.797. The van der Waals surface area contributed by atoms with Gasteiger partial charge in [0.1, 0.15) is 0 Å². The molecule has 8 heteroatoms. The molecule has 1 atom stereocenters. The fraction of sp³-hybridized carbons (Fsp3) is 0.692. The normalized spacial score (nSPS) is 22.4. The van der Waals surface area contributed by atoms with E-state index in [9.17, 15) is 13.2 Å². The van der Waals surface area contributed by atoms with Crippen molar-refractivity contribution < 1.29 is 13.2 Å². The number of aromatic nitrogens is 2. The molecule has 1 aromatic heterocycles. The maximum absolute atomic E-state index is 12.6. The average molecular weight is 323 g/mol. The summed E-state index contributed by atoms with van der Waals surface area (Å²) < 4.78 is 37.8.